The van der Waals surface area contributed by atoms with Crippen LogP contribution in [-0.4, -0.2) is 5.11 Å². The van der Waals surface area contributed by atoms with Gasteiger partial charge in [-0.2, -0.15) is 0 Å². The Kier molecular flexibility index (Phi) is 1.66. The van der Waals surface area contributed by atoms with Crippen molar-refractivity contribution in [3.63, 3.8) is 0 Å². The molecule has 1 aromatic rings. The second-order valence-corrected chi connectivity index (χ2v) is 4.73. The molecule has 0 aliphatic heterocycles. The van der Waals surface area contributed by atoms with Crippen LogP contribution in [0.1, 0.15) is 44.2 Å². The van der Waals surface area contributed by atoms with E-state index in [0.717, 1.165) is 12.0 Å². The number of rotatable bonds is 0. The highest BCUT2D eigenvalue weighted by atomic mass is 16.3. The quantitative estimate of drug-likeness (QED) is 0.643. The molecule has 1 atom stereocenters. The van der Waals surface area contributed by atoms with Crippen molar-refractivity contribution in [3.05, 3.63) is 29.3 Å². The molecule has 0 heterocycles. The smallest absolute Gasteiger partial charge is 0.119 e. The third-order valence-electron chi connectivity index (χ3n) is 3.12. The van der Waals surface area contributed by atoms with Gasteiger partial charge in [0.1, 0.15) is 5.75 Å². The maximum atomic E-state index is 9.73. The molecule has 1 aromatic carbocycles. The molecule has 1 heteroatoms. The molecule has 0 fully saturated rings. The van der Waals surface area contributed by atoms with Gasteiger partial charge in [-0.05, 0) is 29.4 Å². The minimum Gasteiger partial charge on any atom is -0.508 e. The fourth-order valence-corrected chi connectivity index (χ4v) is 2.64. The van der Waals surface area contributed by atoms with Gasteiger partial charge in [-0.25, -0.2) is 0 Å². The van der Waals surface area contributed by atoms with E-state index in [1.807, 2.05) is 6.07 Å². The zero-order valence-corrected chi connectivity index (χ0v) is 8.46. The van der Waals surface area contributed by atoms with E-state index in [9.17, 15) is 5.11 Å². The highest BCUT2D eigenvalue weighted by molar-refractivity contribution is 5.49. The summed E-state index contributed by atoms with van der Waals surface area (Å²) in [7, 11) is 0. The van der Waals surface area contributed by atoms with E-state index in [-0.39, 0.29) is 5.41 Å². The fraction of sp³-hybridized carbons (Fsp3) is 0.500. The summed E-state index contributed by atoms with van der Waals surface area (Å²) in [6.45, 7) is 6.68. The van der Waals surface area contributed by atoms with Crippen LogP contribution in [0.2, 0.25) is 0 Å². The molecule has 1 unspecified atom stereocenters. The molecule has 70 valence electrons. The van der Waals surface area contributed by atoms with Gasteiger partial charge in [0, 0.05) is 5.56 Å². The van der Waals surface area contributed by atoms with Crippen LogP contribution in [0.4, 0.5) is 0 Å². The fourth-order valence-electron chi connectivity index (χ4n) is 2.64. The molecule has 13 heavy (non-hydrogen) atoms. The molecular weight excluding hydrogens is 160 g/mol. The average Bonchev–Trinajstić information content (AvgIpc) is 2.24. The highest BCUT2D eigenvalue weighted by Gasteiger charge is 2.35. The van der Waals surface area contributed by atoms with Crippen LogP contribution in [0.25, 0.3) is 0 Å². The molecule has 0 radical (unpaired) electrons. The molecule has 0 amide bonds. The van der Waals surface area contributed by atoms with Crippen molar-refractivity contribution in [2.45, 2.75) is 38.5 Å². The second kappa shape index (κ2) is 2.50. The lowest BCUT2D eigenvalue weighted by Crippen LogP contribution is -2.11. The van der Waals surface area contributed by atoms with Gasteiger partial charge in [0.05, 0.1) is 0 Å². The standard InChI is InChI=1S/C12H16O/c1-8-7-12(2,3)9-5-4-6-10(13)11(8)9/h4-6,8,13H,7H2,1-3H3. The van der Waals surface area contributed by atoms with Crippen LogP contribution in [0, 0.1) is 0 Å². The summed E-state index contributed by atoms with van der Waals surface area (Å²) in [5.74, 6) is 0.960. The van der Waals surface area contributed by atoms with Crippen molar-refractivity contribution >= 4 is 0 Å². The first kappa shape index (κ1) is 8.61. The molecule has 0 saturated carbocycles. The first-order valence-electron chi connectivity index (χ1n) is 4.85. The molecule has 2 rings (SSSR count). The summed E-state index contributed by atoms with van der Waals surface area (Å²) in [6.07, 6.45) is 1.14. The van der Waals surface area contributed by atoms with E-state index >= 15 is 0 Å². The monoisotopic (exact) mass is 176 g/mol. The Bertz CT molecular complexity index is 339. The van der Waals surface area contributed by atoms with E-state index in [2.05, 4.69) is 26.8 Å². The number of hydrogen-bond acceptors (Lipinski definition) is 1. The summed E-state index contributed by atoms with van der Waals surface area (Å²) in [5, 5.41) is 9.73. The van der Waals surface area contributed by atoms with Crippen LogP contribution < -0.4 is 0 Å². The summed E-state index contributed by atoms with van der Waals surface area (Å²) in [6, 6.07) is 5.86. The van der Waals surface area contributed by atoms with Crippen molar-refractivity contribution in [2.24, 2.45) is 0 Å². The van der Waals surface area contributed by atoms with Crippen molar-refractivity contribution in [1.29, 1.82) is 0 Å². The van der Waals surface area contributed by atoms with Crippen molar-refractivity contribution in [2.75, 3.05) is 0 Å². The van der Waals surface area contributed by atoms with E-state index in [0.29, 0.717) is 11.7 Å². The van der Waals surface area contributed by atoms with E-state index in [1.165, 1.54) is 5.56 Å². The van der Waals surface area contributed by atoms with Gasteiger partial charge in [-0.3, -0.25) is 0 Å². The first-order valence-corrected chi connectivity index (χ1v) is 4.85. The van der Waals surface area contributed by atoms with Crippen LogP contribution in [0.3, 0.4) is 0 Å². The summed E-state index contributed by atoms with van der Waals surface area (Å²) >= 11 is 0. The lowest BCUT2D eigenvalue weighted by atomic mass is 9.86. The average molecular weight is 176 g/mol. The van der Waals surface area contributed by atoms with E-state index in [1.54, 1.807) is 6.07 Å². The summed E-state index contributed by atoms with van der Waals surface area (Å²) in [5.41, 5.74) is 2.71. The maximum Gasteiger partial charge on any atom is 0.119 e. The van der Waals surface area contributed by atoms with Crippen molar-refractivity contribution in [3.8, 4) is 5.75 Å². The van der Waals surface area contributed by atoms with Crippen LogP contribution in [0.15, 0.2) is 18.2 Å². The zero-order chi connectivity index (χ0) is 9.64. The van der Waals surface area contributed by atoms with E-state index < -0.39 is 0 Å². The SMILES string of the molecule is CC1CC(C)(C)c2cccc(O)c21. The number of phenols is 1. The Balaban J connectivity index is 2.65. The topological polar surface area (TPSA) is 20.2 Å². The predicted molar refractivity (Wildman–Crippen MR) is 54.2 cm³/mol. The highest BCUT2D eigenvalue weighted by Crippen LogP contribution is 2.48. The minimum atomic E-state index is 0.230. The molecule has 0 bridgehead atoms. The molecule has 0 aromatic heterocycles. The molecule has 1 N–H and O–H groups in total. The Morgan fingerprint density at radius 2 is 2.08 bits per heavy atom. The number of fused-ring (bicyclic) bond motifs is 1. The Morgan fingerprint density at radius 1 is 1.38 bits per heavy atom. The largest absolute Gasteiger partial charge is 0.508 e. The van der Waals surface area contributed by atoms with Crippen LogP contribution in [-0.2, 0) is 5.41 Å². The summed E-state index contributed by atoms with van der Waals surface area (Å²) < 4.78 is 0. The normalized spacial score (nSPS) is 24.4. The second-order valence-electron chi connectivity index (χ2n) is 4.73. The number of benzene rings is 1. The summed E-state index contributed by atoms with van der Waals surface area (Å²) in [4.78, 5) is 0. The van der Waals surface area contributed by atoms with Gasteiger partial charge < -0.3 is 5.11 Å². The Hall–Kier alpha value is -0.980. The number of hydrogen-bond donors (Lipinski definition) is 1. The minimum absolute atomic E-state index is 0.230. The zero-order valence-electron chi connectivity index (χ0n) is 8.46. The molecule has 0 saturated heterocycles. The van der Waals surface area contributed by atoms with Crippen LogP contribution >= 0.6 is 0 Å². The van der Waals surface area contributed by atoms with Gasteiger partial charge in [0.2, 0.25) is 0 Å². The van der Waals surface area contributed by atoms with Gasteiger partial charge in [-0.15, -0.1) is 0 Å². The third-order valence-corrected chi connectivity index (χ3v) is 3.12. The van der Waals surface area contributed by atoms with Gasteiger partial charge in [0.15, 0.2) is 0 Å². The number of aromatic hydroxyl groups is 1. The Morgan fingerprint density at radius 3 is 2.69 bits per heavy atom. The predicted octanol–water partition coefficient (Wildman–Crippen LogP) is 3.18. The van der Waals surface area contributed by atoms with Crippen molar-refractivity contribution < 1.29 is 5.11 Å². The van der Waals surface area contributed by atoms with Gasteiger partial charge in [0.25, 0.3) is 0 Å². The van der Waals surface area contributed by atoms with Gasteiger partial charge in [-0.1, -0.05) is 32.9 Å². The van der Waals surface area contributed by atoms with Crippen molar-refractivity contribution in [1.82, 2.24) is 0 Å². The van der Waals surface area contributed by atoms with E-state index in [4.69, 9.17) is 0 Å². The maximum absolute atomic E-state index is 9.73. The Labute approximate surface area is 79.4 Å². The molecule has 1 aliphatic carbocycles. The molecule has 0 spiro atoms. The molecule has 1 aliphatic rings. The lowest BCUT2D eigenvalue weighted by molar-refractivity contribution is 0.461. The van der Waals surface area contributed by atoms with Gasteiger partial charge >= 0.3 is 0 Å². The molecule has 1 nitrogen and oxygen atoms in total. The number of phenolic OH excluding ortho intramolecular Hbond substituents is 1. The van der Waals surface area contributed by atoms with Crippen LogP contribution in [0.5, 0.6) is 5.75 Å². The third kappa shape index (κ3) is 1.14. The first-order chi connectivity index (χ1) is 6.02. The lowest BCUT2D eigenvalue weighted by Gasteiger charge is -2.18. The molecular formula is C12H16O.